The van der Waals surface area contributed by atoms with Gasteiger partial charge in [-0.15, -0.1) is 0 Å². The molecule has 21 heavy (non-hydrogen) atoms. The smallest absolute Gasteiger partial charge is 0.242 e. The van der Waals surface area contributed by atoms with Gasteiger partial charge in [-0.25, -0.2) is 4.98 Å². The largest absolute Gasteiger partial charge is 0.476 e. The fourth-order valence-corrected chi connectivity index (χ4v) is 1.93. The maximum atomic E-state index is 6.03. The van der Waals surface area contributed by atoms with Crippen LogP contribution in [0.5, 0.6) is 5.88 Å². The molecule has 2 rings (SSSR count). The predicted molar refractivity (Wildman–Crippen MR) is 82.3 cm³/mol. The summed E-state index contributed by atoms with van der Waals surface area (Å²) in [5.41, 5.74) is 6.49. The van der Waals surface area contributed by atoms with Crippen LogP contribution in [-0.2, 0) is 6.42 Å². The highest BCUT2D eigenvalue weighted by Gasteiger charge is 2.12. The molecule has 0 fully saturated rings. The average Bonchev–Trinajstić information content (AvgIpc) is 2.99. The second-order valence-electron chi connectivity index (χ2n) is 4.95. The van der Waals surface area contributed by atoms with Gasteiger partial charge in [0.05, 0.1) is 12.9 Å². The molecule has 6 heteroatoms. The Bertz CT molecular complexity index is 543. The molecule has 0 amide bonds. The predicted octanol–water partition coefficient (Wildman–Crippen LogP) is 2.87. The van der Waals surface area contributed by atoms with Crippen molar-refractivity contribution in [2.75, 3.05) is 17.7 Å². The van der Waals surface area contributed by atoms with Crippen molar-refractivity contribution >= 4 is 11.5 Å². The van der Waals surface area contributed by atoms with Crippen LogP contribution in [0.1, 0.15) is 32.4 Å². The summed E-state index contributed by atoms with van der Waals surface area (Å²) in [7, 11) is 0. The number of nitrogens with zero attached hydrogens (tertiary/aromatic N) is 2. The number of aromatic nitrogens is 2. The molecule has 2 heterocycles. The number of aryl methyl sites for hydroxylation is 1. The van der Waals surface area contributed by atoms with Crippen molar-refractivity contribution in [3.63, 3.8) is 0 Å². The highest BCUT2D eigenvalue weighted by Crippen LogP contribution is 2.25. The van der Waals surface area contributed by atoms with Crippen molar-refractivity contribution in [3.8, 4) is 5.88 Å². The molecule has 0 aliphatic carbocycles. The molecule has 2 aromatic heterocycles. The second kappa shape index (κ2) is 7.52. The molecule has 3 N–H and O–H groups in total. The number of hydrogen-bond acceptors (Lipinski definition) is 6. The minimum Gasteiger partial charge on any atom is -0.476 e. The summed E-state index contributed by atoms with van der Waals surface area (Å²) in [5, 5.41) is 3.29. The summed E-state index contributed by atoms with van der Waals surface area (Å²) >= 11 is 0. The highest BCUT2D eigenvalue weighted by atomic mass is 16.5. The lowest BCUT2D eigenvalue weighted by atomic mass is 10.1. The maximum Gasteiger partial charge on any atom is 0.242 e. The Balaban J connectivity index is 1.92. The molecule has 0 saturated heterocycles. The first kappa shape index (κ1) is 15.2. The maximum absolute atomic E-state index is 6.03. The molecule has 0 spiro atoms. The number of hydrogen-bond donors (Lipinski definition) is 2. The number of nitrogens with two attached hydrogens (primary N) is 1. The van der Waals surface area contributed by atoms with E-state index in [4.69, 9.17) is 14.9 Å². The fraction of sp³-hybridized carbons (Fsp3) is 0.467. The van der Waals surface area contributed by atoms with Crippen LogP contribution in [0.25, 0.3) is 0 Å². The van der Waals surface area contributed by atoms with Gasteiger partial charge in [0.1, 0.15) is 17.8 Å². The van der Waals surface area contributed by atoms with E-state index in [9.17, 15) is 0 Å². The molecule has 0 aliphatic rings. The summed E-state index contributed by atoms with van der Waals surface area (Å²) in [6.07, 6.45) is 5.84. The van der Waals surface area contributed by atoms with E-state index in [0.29, 0.717) is 24.0 Å². The molecule has 0 saturated carbocycles. The van der Waals surface area contributed by atoms with Crippen molar-refractivity contribution in [1.29, 1.82) is 0 Å². The first-order chi connectivity index (χ1) is 10.2. The summed E-state index contributed by atoms with van der Waals surface area (Å²) in [4.78, 5) is 8.24. The van der Waals surface area contributed by atoms with E-state index >= 15 is 0 Å². The van der Waals surface area contributed by atoms with Crippen LogP contribution < -0.4 is 15.8 Å². The second-order valence-corrected chi connectivity index (χ2v) is 4.95. The Labute approximate surface area is 124 Å². The van der Waals surface area contributed by atoms with Crippen LogP contribution in [0.15, 0.2) is 29.1 Å². The third kappa shape index (κ3) is 4.37. The van der Waals surface area contributed by atoms with Crippen molar-refractivity contribution in [2.24, 2.45) is 0 Å². The van der Waals surface area contributed by atoms with Gasteiger partial charge < -0.3 is 20.2 Å². The Morgan fingerprint density at radius 1 is 1.43 bits per heavy atom. The Hall–Kier alpha value is -2.24. The minimum atomic E-state index is 0.214. The lowest BCUT2D eigenvalue weighted by molar-refractivity contribution is 0.306. The summed E-state index contributed by atoms with van der Waals surface area (Å²) in [6, 6.07) is 4.08. The molecule has 1 unspecified atom stereocenters. The molecule has 0 aliphatic heterocycles. The SMILES string of the molecule is CCCOc1ncnc(NC(C)CCc2ccco2)c1N. The van der Waals surface area contributed by atoms with Gasteiger partial charge in [-0.05, 0) is 31.9 Å². The lowest BCUT2D eigenvalue weighted by Crippen LogP contribution is -2.18. The van der Waals surface area contributed by atoms with Crippen molar-refractivity contribution < 1.29 is 9.15 Å². The Morgan fingerprint density at radius 3 is 3.00 bits per heavy atom. The lowest BCUT2D eigenvalue weighted by Gasteiger charge is -2.16. The normalized spacial score (nSPS) is 12.1. The van der Waals surface area contributed by atoms with Crippen molar-refractivity contribution in [3.05, 3.63) is 30.5 Å². The Morgan fingerprint density at radius 2 is 2.29 bits per heavy atom. The van der Waals surface area contributed by atoms with E-state index in [1.54, 1.807) is 6.26 Å². The first-order valence-electron chi connectivity index (χ1n) is 7.23. The zero-order valence-electron chi connectivity index (χ0n) is 12.5. The molecule has 2 aromatic rings. The Kier molecular flexibility index (Phi) is 5.43. The summed E-state index contributed by atoms with van der Waals surface area (Å²) in [5.74, 6) is 2.03. The molecule has 6 nitrogen and oxygen atoms in total. The van der Waals surface area contributed by atoms with Gasteiger partial charge in [0, 0.05) is 12.5 Å². The highest BCUT2D eigenvalue weighted by molar-refractivity contribution is 5.66. The van der Waals surface area contributed by atoms with Gasteiger partial charge in [-0.2, -0.15) is 4.98 Å². The summed E-state index contributed by atoms with van der Waals surface area (Å²) < 4.78 is 10.8. The van der Waals surface area contributed by atoms with Crippen LogP contribution in [0, 0.1) is 0 Å². The zero-order chi connectivity index (χ0) is 15.1. The van der Waals surface area contributed by atoms with Crippen LogP contribution in [0.2, 0.25) is 0 Å². The van der Waals surface area contributed by atoms with Gasteiger partial charge in [0.25, 0.3) is 0 Å². The number of rotatable bonds is 8. The quantitative estimate of drug-likeness (QED) is 0.777. The molecule has 0 aromatic carbocycles. The van der Waals surface area contributed by atoms with E-state index < -0.39 is 0 Å². The van der Waals surface area contributed by atoms with E-state index in [1.807, 2.05) is 19.1 Å². The number of anilines is 2. The van der Waals surface area contributed by atoms with Crippen LogP contribution in [0.3, 0.4) is 0 Å². The van der Waals surface area contributed by atoms with Crippen molar-refractivity contribution in [2.45, 2.75) is 39.2 Å². The molecule has 0 radical (unpaired) electrons. The van der Waals surface area contributed by atoms with Gasteiger partial charge in [-0.3, -0.25) is 0 Å². The van der Waals surface area contributed by atoms with E-state index in [-0.39, 0.29) is 6.04 Å². The van der Waals surface area contributed by atoms with Gasteiger partial charge in [0.2, 0.25) is 5.88 Å². The molecule has 114 valence electrons. The minimum absolute atomic E-state index is 0.214. The van der Waals surface area contributed by atoms with Gasteiger partial charge in [0.15, 0.2) is 5.82 Å². The number of nitrogen functional groups attached to an aromatic ring is 1. The first-order valence-corrected chi connectivity index (χ1v) is 7.23. The molecule has 0 bridgehead atoms. The third-order valence-electron chi connectivity index (χ3n) is 3.08. The van der Waals surface area contributed by atoms with Gasteiger partial charge in [-0.1, -0.05) is 6.92 Å². The topological polar surface area (TPSA) is 86.2 Å². The van der Waals surface area contributed by atoms with Crippen LogP contribution in [-0.4, -0.2) is 22.6 Å². The van der Waals surface area contributed by atoms with Gasteiger partial charge >= 0.3 is 0 Å². The molecule has 1 atom stereocenters. The van der Waals surface area contributed by atoms with Crippen molar-refractivity contribution in [1.82, 2.24) is 9.97 Å². The number of furan rings is 1. The number of nitrogens with one attached hydrogen (secondary N) is 1. The third-order valence-corrected chi connectivity index (χ3v) is 3.08. The fourth-order valence-electron chi connectivity index (χ4n) is 1.93. The van der Waals surface area contributed by atoms with Crippen LogP contribution >= 0.6 is 0 Å². The molecular formula is C15H22N4O2. The van der Waals surface area contributed by atoms with Crippen LogP contribution in [0.4, 0.5) is 11.5 Å². The standard InChI is InChI=1S/C15H22N4O2/c1-3-8-21-15-13(16)14(17-10-18-15)19-11(2)6-7-12-5-4-9-20-12/h4-5,9-11H,3,6-8,16H2,1-2H3,(H,17,18,19). The van der Waals surface area contributed by atoms with E-state index in [0.717, 1.165) is 25.0 Å². The number of ether oxygens (including phenoxy) is 1. The monoisotopic (exact) mass is 290 g/mol. The van der Waals surface area contributed by atoms with E-state index in [1.165, 1.54) is 6.33 Å². The summed E-state index contributed by atoms with van der Waals surface area (Å²) in [6.45, 7) is 4.71. The van der Waals surface area contributed by atoms with E-state index in [2.05, 4.69) is 22.2 Å². The average molecular weight is 290 g/mol. The zero-order valence-corrected chi connectivity index (χ0v) is 12.5. The molecular weight excluding hydrogens is 268 g/mol.